The zero-order chi connectivity index (χ0) is 24.3. The summed E-state index contributed by atoms with van der Waals surface area (Å²) in [6.07, 6.45) is 2.86. The zero-order valence-electron chi connectivity index (χ0n) is 19.8. The number of carbonyl (C=O) groups excluding carboxylic acids is 1. The van der Waals surface area contributed by atoms with Crippen LogP contribution in [0.1, 0.15) is 22.3 Å². The van der Waals surface area contributed by atoms with Gasteiger partial charge in [-0.3, -0.25) is 4.79 Å². The van der Waals surface area contributed by atoms with E-state index in [1.807, 2.05) is 18.2 Å². The summed E-state index contributed by atoms with van der Waals surface area (Å²) in [5.74, 6) is -0.145. The van der Waals surface area contributed by atoms with E-state index in [2.05, 4.69) is 23.1 Å². The Morgan fingerprint density at radius 1 is 0.829 bits per heavy atom. The normalized spacial score (nSPS) is 19.9. The molecule has 8 nitrogen and oxygen atoms in total. The predicted molar refractivity (Wildman–Crippen MR) is 134 cm³/mol. The summed E-state index contributed by atoms with van der Waals surface area (Å²) in [5, 5.41) is 0. The molecule has 0 aliphatic carbocycles. The Labute approximate surface area is 206 Å². The van der Waals surface area contributed by atoms with Crippen molar-refractivity contribution >= 4 is 27.2 Å². The standard InChI is InChI=1S/C26H31N3O5S/c30-26(28-10-8-22(9-11-28)21-4-2-1-3-5-21)24-20-23(35(31,32)29-14-18-34-19-15-29)6-7-25(24)27-12-16-33-17-13-27/h1-8,20H,9-19H2. The van der Waals surface area contributed by atoms with Crippen molar-refractivity contribution in [3.63, 3.8) is 0 Å². The third kappa shape index (κ3) is 5.13. The lowest BCUT2D eigenvalue weighted by Gasteiger charge is -2.33. The fraction of sp³-hybridized carbons (Fsp3) is 0.423. The zero-order valence-corrected chi connectivity index (χ0v) is 20.6. The van der Waals surface area contributed by atoms with Gasteiger partial charge < -0.3 is 19.3 Å². The Kier molecular flexibility index (Phi) is 7.19. The highest BCUT2D eigenvalue weighted by molar-refractivity contribution is 7.89. The highest BCUT2D eigenvalue weighted by Crippen LogP contribution is 2.30. The quantitative estimate of drug-likeness (QED) is 0.632. The minimum Gasteiger partial charge on any atom is -0.379 e. The van der Waals surface area contributed by atoms with Gasteiger partial charge in [0.1, 0.15) is 0 Å². The lowest BCUT2D eigenvalue weighted by Crippen LogP contribution is -2.41. The number of carbonyl (C=O) groups is 1. The number of sulfonamides is 1. The summed E-state index contributed by atoms with van der Waals surface area (Å²) in [5.41, 5.74) is 3.59. The predicted octanol–water partition coefficient (Wildman–Crippen LogP) is 2.47. The van der Waals surface area contributed by atoms with E-state index >= 15 is 0 Å². The molecule has 3 aliphatic rings. The van der Waals surface area contributed by atoms with E-state index in [4.69, 9.17) is 9.47 Å². The van der Waals surface area contributed by atoms with Gasteiger partial charge in [0.25, 0.3) is 5.91 Å². The molecule has 9 heteroatoms. The van der Waals surface area contributed by atoms with Crippen LogP contribution in [0.2, 0.25) is 0 Å². The van der Waals surface area contributed by atoms with Crippen molar-refractivity contribution in [2.75, 3.05) is 70.6 Å². The van der Waals surface area contributed by atoms with Crippen LogP contribution in [-0.4, -0.2) is 89.2 Å². The van der Waals surface area contributed by atoms with Crippen molar-refractivity contribution in [3.05, 3.63) is 65.7 Å². The molecule has 0 aromatic heterocycles. The van der Waals surface area contributed by atoms with Gasteiger partial charge in [-0.2, -0.15) is 4.31 Å². The van der Waals surface area contributed by atoms with E-state index in [1.165, 1.54) is 15.4 Å². The van der Waals surface area contributed by atoms with Gasteiger partial charge in [0.05, 0.1) is 36.9 Å². The first-order valence-corrected chi connectivity index (χ1v) is 13.6. The summed E-state index contributed by atoms with van der Waals surface area (Å²) in [6.45, 7) is 4.94. The smallest absolute Gasteiger partial charge is 0.256 e. The molecule has 0 saturated carbocycles. The summed E-state index contributed by atoms with van der Waals surface area (Å²) in [6, 6.07) is 15.2. The molecule has 0 unspecified atom stereocenters. The van der Waals surface area contributed by atoms with Crippen LogP contribution in [0.15, 0.2) is 59.5 Å². The molecule has 186 valence electrons. The number of hydrogen-bond donors (Lipinski definition) is 0. The van der Waals surface area contributed by atoms with Gasteiger partial charge in [-0.1, -0.05) is 36.4 Å². The van der Waals surface area contributed by atoms with Gasteiger partial charge in [-0.05, 0) is 35.8 Å². The Bertz CT molecular complexity index is 1190. The first-order chi connectivity index (χ1) is 17.0. The number of nitrogens with zero attached hydrogens (tertiary/aromatic N) is 3. The van der Waals surface area contributed by atoms with E-state index < -0.39 is 10.0 Å². The second-order valence-corrected chi connectivity index (χ2v) is 10.8. The lowest BCUT2D eigenvalue weighted by atomic mass is 9.99. The number of rotatable bonds is 5. The summed E-state index contributed by atoms with van der Waals surface area (Å²) in [7, 11) is -3.71. The van der Waals surface area contributed by atoms with E-state index in [0.717, 1.165) is 12.1 Å². The highest BCUT2D eigenvalue weighted by Gasteiger charge is 2.30. The van der Waals surface area contributed by atoms with Gasteiger partial charge in [-0.15, -0.1) is 0 Å². The maximum atomic E-state index is 13.8. The SMILES string of the molecule is O=C(c1cc(S(=O)(=O)N2CCOCC2)ccc1N1CCOCC1)N1CC=C(c2ccccc2)CC1. The average Bonchev–Trinajstić information content (AvgIpc) is 2.94. The molecule has 3 aliphatic heterocycles. The molecule has 0 N–H and O–H groups in total. The largest absolute Gasteiger partial charge is 0.379 e. The van der Waals surface area contributed by atoms with Crippen molar-refractivity contribution in [1.82, 2.24) is 9.21 Å². The monoisotopic (exact) mass is 497 g/mol. The number of hydrogen-bond acceptors (Lipinski definition) is 6. The van der Waals surface area contributed by atoms with E-state index in [0.29, 0.717) is 71.3 Å². The van der Waals surface area contributed by atoms with Gasteiger partial charge in [0, 0.05) is 45.0 Å². The van der Waals surface area contributed by atoms with Crippen LogP contribution in [0.3, 0.4) is 0 Å². The molecular formula is C26H31N3O5S. The summed E-state index contributed by atoms with van der Waals surface area (Å²) in [4.78, 5) is 17.8. The topological polar surface area (TPSA) is 79.4 Å². The van der Waals surface area contributed by atoms with Gasteiger partial charge in [-0.25, -0.2) is 8.42 Å². The van der Waals surface area contributed by atoms with Gasteiger partial charge in [0.15, 0.2) is 0 Å². The van der Waals surface area contributed by atoms with E-state index in [9.17, 15) is 13.2 Å². The second kappa shape index (κ2) is 10.5. The van der Waals surface area contributed by atoms with Crippen LogP contribution in [0, 0.1) is 0 Å². The third-order valence-corrected chi connectivity index (χ3v) is 8.69. The first-order valence-electron chi connectivity index (χ1n) is 12.1. The van der Waals surface area contributed by atoms with Gasteiger partial charge in [0.2, 0.25) is 10.0 Å². The maximum Gasteiger partial charge on any atom is 0.256 e. The molecule has 5 rings (SSSR count). The molecule has 2 aromatic carbocycles. The summed E-state index contributed by atoms with van der Waals surface area (Å²) >= 11 is 0. The lowest BCUT2D eigenvalue weighted by molar-refractivity contribution is 0.0730. The Morgan fingerprint density at radius 3 is 2.17 bits per heavy atom. The van der Waals surface area contributed by atoms with E-state index in [1.54, 1.807) is 23.1 Å². The van der Waals surface area contributed by atoms with Crippen molar-refractivity contribution in [3.8, 4) is 0 Å². The molecule has 2 aromatic rings. The molecule has 2 fully saturated rings. The number of anilines is 1. The van der Waals surface area contributed by atoms with Crippen LogP contribution in [-0.2, 0) is 19.5 Å². The van der Waals surface area contributed by atoms with Crippen molar-refractivity contribution < 1.29 is 22.7 Å². The average molecular weight is 498 g/mol. The Balaban J connectivity index is 1.45. The molecule has 0 radical (unpaired) electrons. The Hall–Kier alpha value is -2.72. The molecule has 0 spiro atoms. The molecule has 0 bridgehead atoms. The molecule has 1 amide bonds. The number of benzene rings is 2. The number of ether oxygens (including phenoxy) is 2. The van der Waals surface area contributed by atoms with Crippen LogP contribution >= 0.6 is 0 Å². The molecule has 2 saturated heterocycles. The fourth-order valence-electron chi connectivity index (χ4n) is 4.80. The van der Waals surface area contributed by atoms with Crippen LogP contribution in [0.4, 0.5) is 5.69 Å². The third-order valence-electron chi connectivity index (χ3n) is 6.80. The van der Waals surface area contributed by atoms with Gasteiger partial charge >= 0.3 is 0 Å². The Morgan fingerprint density at radius 2 is 1.51 bits per heavy atom. The molecule has 35 heavy (non-hydrogen) atoms. The maximum absolute atomic E-state index is 13.8. The van der Waals surface area contributed by atoms with Crippen LogP contribution in [0.25, 0.3) is 5.57 Å². The highest BCUT2D eigenvalue weighted by atomic mass is 32.2. The van der Waals surface area contributed by atoms with Crippen molar-refractivity contribution in [2.24, 2.45) is 0 Å². The first kappa shape index (κ1) is 24.0. The minimum atomic E-state index is -3.71. The molecule has 0 atom stereocenters. The van der Waals surface area contributed by atoms with Crippen molar-refractivity contribution in [2.45, 2.75) is 11.3 Å². The molecular weight excluding hydrogens is 466 g/mol. The van der Waals surface area contributed by atoms with Crippen molar-refractivity contribution in [1.29, 1.82) is 0 Å². The number of morpholine rings is 2. The second-order valence-electron chi connectivity index (χ2n) is 8.89. The summed E-state index contributed by atoms with van der Waals surface area (Å²) < 4.78 is 38.9. The minimum absolute atomic E-state index is 0.145. The van der Waals surface area contributed by atoms with E-state index in [-0.39, 0.29) is 10.8 Å². The van der Waals surface area contributed by atoms with Crippen LogP contribution in [0.5, 0.6) is 0 Å². The van der Waals surface area contributed by atoms with Crippen LogP contribution < -0.4 is 4.90 Å². The number of amides is 1. The fourth-order valence-corrected chi connectivity index (χ4v) is 6.24. The molecule has 3 heterocycles.